The number of amides is 1. The molecular weight excluding hydrogens is 248 g/mol. The fraction of sp³-hybridized carbons (Fsp3) is 0.417. The number of nitrogens with one attached hydrogen (secondary N) is 2. The normalized spacial score (nSPS) is 19.3. The van der Waals surface area contributed by atoms with Gasteiger partial charge in [0.05, 0.1) is 6.61 Å². The molecule has 7 heteroatoms. The van der Waals surface area contributed by atoms with Gasteiger partial charge in [-0.3, -0.25) is 9.89 Å². The van der Waals surface area contributed by atoms with Crippen molar-refractivity contribution in [2.24, 2.45) is 0 Å². The van der Waals surface area contributed by atoms with Crippen LogP contribution in [0.1, 0.15) is 34.9 Å². The molecule has 1 amide bonds. The molecule has 0 bridgehead atoms. The molecule has 1 atom stereocenters. The van der Waals surface area contributed by atoms with Gasteiger partial charge in [0.15, 0.2) is 11.5 Å². The van der Waals surface area contributed by atoms with Gasteiger partial charge in [0.1, 0.15) is 6.26 Å². The largest absolute Gasteiger partial charge is 0.381 e. The van der Waals surface area contributed by atoms with Crippen LogP contribution in [0.5, 0.6) is 0 Å². The van der Waals surface area contributed by atoms with Crippen molar-refractivity contribution in [2.45, 2.75) is 18.8 Å². The minimum atomic E-state index is -0.341. The van der Waals surface area contributed by atoms with E-state index < -0.39 is 0 Å². The van der Waals surface area contributed by atoms with Crippen LogP contribution in [0.25, 0.3) is 0 Å². The Balaban J connectivity index is 1.66. The Labute approximate surface area is 109 Å². The number of hydrogen-bond acceptors (Lipinski definition) is 5. The molecule has 1 fully saturated rings. The van der Waals surface area contributed by atoms with Gasteiger partial charge in [0.2, 0.25) is 0 Å². The van der Waals surface area contributed by atoms with Gasteiger partial charge in [0, 0.05) is 30.4 Å². The fourth-order valence-electron chi connectivity index (χ4n) is 2.11. The molecule has 1 unspecified atom stereocenters. The molecule has 7 nitrogen and oxygen atoms in total. The first kappa shape index (κ1) is 11.9. The number of H-pyrrole nitrogens is 1. The first-order chi connectivity index (χ1) is 9.33. The van der Waals surface area contributed by atoms with Crippen molar-refractivity contribution in [3.8, 4) is 0 Å². The summed E-state index contributed by atoms with van der Waals surface area (Å²) in [4.78, 5) is 11.7. The highest BCUT2D eigenvalue weighted by Crippen LogP contribution is 2.25. The molecule has 3 heterocycles. The highest BCUT2D eigenvalue weighted by Gasteiger charge is 2.19. The lowest BCUT2D eigenvalue weighted by molar-refractivity contribution is 0.0793. The summed E-state index contributed by atoms with van der Waals surface area (Å²) in [6.45, 7) is 1.51. The number of carbonyl (C=O) groups excluding carboxylic acids is 1. The summed E-state index contributed by atoms with van der Waals surface area (Å²) in [6, 6.07) is 3.33. The van der Waals surface area contributed by atoms with Crippen LogP contribution in [0.4, 0.5) is 5.82 Å². The maximum Gasteiger partial charge on any atom is 0.279 e. The molecular formula is C12H14N4O3. The monoisotopic (exact) mass is 262 g/mol. The minimum Gasteiger partial charge on any atom is -0.381 e. The molecule has 1 aliphatic rings. The van der Waals surface area contributed by atoms with Gasteiger partial charge in [-0.05, 0) is 12.8 Å². The summed E-state index contributed by atoms with van der Waals surface area (Å²) in [5.74, 6) is 0.458. The third-order valence-corrected chi connectivity index (χ3v) is 3.11. The molecule has 2 N–H and O–H groups in total. The Morgan fingerprint density at radius 1 is 1.53 bits per heavy atom. The van der Waals surface area contributed by atoms with Crippen molar-refractivity contribution in [2.75, 3.05) is 18.5 Å². The second kappa shape index (κ2) is 5.23. The minimum absolute atomic E-state index is 0.227. The zero-order valence-electron chi connectivity index (χ0n) is 10.3. The molecule has 0 aromatic carbocycles. The van der Waals surface area contributed by atoms with E-state index in [9.17, 15) is 4.79 Å². The molecule has 0 radical (unpaired) electrons. The van der Waals surface area contributed by atoms with E-state index in [0.29, 0.717) is 18.3 Å². The van der Waals surface area contributed by atoms with Gasteiger partial charge in [-0.2, -0.15) is 5.10 Å². The lowest BCUT2D eigenvalue weighted by Crippen LogP contribution is -2.15. The van der Waals surface area contributed by atoms with Gasteiger partial charge in [0.25, 0.3) is 5.91 Å². The number of rotatable bonds is 3. The molecule has 0 spiro atoms. The number of hydrogen-bond donors (Lipinski definition) is 2. The first-order valence-electron chi connectivity index (χ1n) is 6.18. The molecule has 1 aliphatic heterocycles. The first-order valence-corrected chi connectivity index (χ1v) is 6.18. The molecule has 100 valence electrons. The van der Waals surface area contributed by atoms with Crippen molar-refractivity contribution < 1.29 is 14.1 Å². The Bertz CT molecular complexity index is 543. The van der Waals surface area contributed by atoms with Crippen molar-refractivity contribution in [1.29, 1.82) is 0 Å². The number of aromatic nitrogens is 3. The van der Waals surface area contributed by atoms with Crippen LogP contribution in [0.15, 0.2) is 22.9 Å². The molecule has 1 saturated heterocycles. The average Bonchev–Trinajstić information content (AvgIpc) is 3.11. The Hall–Kier alpha value is -2.15. The average molecular weight is 262 g/mol. The quantitative estimate of drug-likeness (QED) is 0.875. The highest BCUT2D eigenvalue weighted by atomic mass is 16.5. The van der Waals surface area contributed by atoms with Crippen LogP contribution in [0.2, 0.25) is 0 Å². The van der Waals surface area contributed by atoms with E-state index in [2.05, 4.69) is 25.2 Å². The maximum absolute atomic E-state index is 11.7. The van der Waals surface area contributed by atoms with E-state index in [1.807, 2.05) is 6.07 Å². The second-order valence-electron chi connectivity index (χ2n) is 4.46. The van der Waals surface area contributed by atoms with E-state index in [1.165, 1.54) is 12.3 Å². The fourth-order valence-corrected chi connectivity index (χ4v) is 2.11. The number of anilines is 1. The lowest BCUT2D eigenvalue weighted by Gasteiger charge is -2.20. The standard InChI is InChI=1S/C12H14N4O3/c17-12(9-3-5-19-16-9)13-11-6-10(14-15-11)8-2-1-4-18-7-8/h3,5-6,8H,1-2,4,7H2,(H2,13,14,15,17). The van der Waals surface area contributed by atoms with Crippen molar-refractivity contribution >= 4 is 11.7 Å². The predicted molar refractivity (Wildman–Crippen MR) is 65.8 cm³/mol. The van der Waals surface area contributed by atoms with Gasteiger partial charge in [-0.25, -0.2) is 0 Å². The number of nitrogens with zero attached hydrogens (tertiary/aromatic N) is 2. The summed E-state index contributed by atoms with van der Waals surface area (Å²) < 4.78 is 10.0. The zero-order chi connectivity index (χ0) is 13.1. The van der Waals surface area contributed by atoms with Gasteiger partial charge >= 0.3 is 0 Å². The molecule has 2 aromatic rings. The highest BCUT2D eigenvalue weighted by molar-refractivity contribution is 6.02. The predicted octanol–water partition coefficient (Wildman–Crippen LogP) is 1.54. The number of carbonyl (C=O) groups is 1. The van der Waals surface area contributed by atoms with Crippen LogP contribution in [-0.2, 0) is 4.74 Å². The molecule has 19 heavy (non-hydrogen) atoms. The van der Waals surface area contributed by atoms with E-state index >= 15 is 0 Å². The SMILES string of the molecule is O=C(Nc1cc(C2CCCOC2)[nH]n1)c1ccon1. The van der Waals surface area contributed by atoms with Crippen LogP contribution in [-0.4, -0.2) is 34.5 Å². The summed E-state index contributed by atoms with van der Waals surface area (Å²) in [6.07, 6.45) is 3.47. The van der Waals surface area contributed by atoms with E-state index in [4.69, 9.17) is 4.74 Å². The topological polar surface area (TPSA) is 93.0 Å². The van der Waals surface area contributed by atoms with E-state index in [1.54, 1.807) is 0 Å². The second-order valence-corrected chi connectivity index (χ2v) is 4.46. The summed E-state index contributed by atoms with van der Waals surface area (Å²) >= 11 is 0. The van der Waals surface area contributed by atoms with Crippen LogP contribution in [0, 0.1) is 0 Å². The molecule has 0 aliphatic carbocycles. The van der Waals surface area contributed by atoms with Crippen molar-refractivity contribution in [1.82, 2.24) is 15.4 Å². The third-order valence-electron chi connectivity index (χ3n) is 3.11. The van der Waals surface area contributed by atoms with E-state index in [0.717, 1.165) is 25.1 Å². The van der Waals surface area contributed by atoms with Crippen molar-refractivity contribution in [3.05, 3.63) is 29.8 Å². The third kappa shape index (κ3) is 2.65. The Kier molecular flexibility index (Phi) is 3.28. The van der Waals surface area contributed by atoms with Crippen LogP contribution < -0.4 is 5.32 Å². The maximum atomic E-state index is 11.7. The van der Waals surface area contributed by atoms with Crippen molar-refractivity contribution in [3.63, 3.8) is 0 Å². The van der Waals surface area contributed by atoms with E-state index in [-0.39, 0.29) is 11.6 Å². The Morgan fingerprint density at radius 3 is 3.21 bits per heavy atom. The number of ether oxygens (including phenoxy) is 1. The molecule has 2 aromatic heterocycles. The summed E-state index contributed by atoms with van der Waals surface area (Å²) in [5.41, 5.74) is 1.21. The van der Waals surface area contributed by atoms with Gasteiger partial charge < -0.3 is 14.6 Å². The zero-order valence-corrected chi connectivity index (χ0v) is 10.3. The van der Waals surface area contributed by atoms with Gasteiger partial charge in [-0.1, -0.05) is 5.16 Å². The Morgan fingerprint density at radius 2 is 2.47 bits per heavy atom. The summed E-state index contributed by atoms with van der Waals surface area (Å²) in [5, 5.41) is 13.2. The van der Waals surface area contributed by atoms with Gasteiger partial charge in [-0.15, -0.1) is 0 Å². The number of aromatic amines is 1. The smallest absolute Gasteiger partial charge is 0.279 e. The van der Waals surface area contributed by atoms with Crippen LogP contribution in [0.3, 0.4) is 0 Å². The summed E-state index contributed by atoms with van der Waals surface area (Å²) in [7, 11) is 0. The van der Waals surface area contributed by atoms with Crippen LogP contribution >= 0.6 is 0 Å². The molecule has 3 rings (SSSR count). The lowest BCUT2D eigenvalue weighted by atomic mass is 9.99. The molecule has 0 saturated carbocycles.